The number of hydrogen-bond donors (Lipinski definition) is 0. The van der Waals surface area contributed by atoms with Gasteiger partial charge in [0.15, 0.2) is 6.10 Å². The zero-order chi connectivity index (χ0) is 42.8. The van der Waals surface area contributed by atoms with Crippen LogP contribution in [-0.4, -0.2) is 70.0 Å². The highest BCUT2D eigenvalue weighted by molar-refractivity contribution is 7.45. The summed E-state index contributed by atoms with van der Waals surface area (Å²) in [5.41, 5.74) is 0. The van der Waals surface area contributed by atoms with Crippen molar-refractivity contribution in [3.05, 3.63) is 24.3 Å². The largest absolute Gasteiger partial charge is 0.756 e. The fraction of sp³-hybridized carbons (Fsp3) is 0.875. The van der Waals surface area contributed by atoms with Crippen molar-refractivity contribution >= 4 is 19.8 Å². The number of rotatable bonds is 44. The summed E-state index contributed by atoms with van der Waals surface area (Å²) in [5, 5.41) is 0. The van der Waals surface area contributed by atoms with E-state index in [1.54, 1.807) is 0 Å². The zero-order valence-electron chi connectivity index (χ0n) is 38.5. The number of phosphoric acid groups is 1. The molecule has 0 aromatic rings. The molecule has 0 saturated heterocycles. The molecule has 58 heavy (non-hydrogen) atoms. The molecule has 0 aliphatic heterocycles. The van der Waals surface area contributed by atoms with E-state index in [2.05, 4.69) is 38.2 Å². The van der Waals surface area contributed by atoms with Gasteiger partial charge in [0, 0.05) is 12.8 Å². The summed E-state index contributed by atoms with van der Waals surface area (Å²) < 4.78 is 34.0. The van der Waals surface area contributed by atoms with E-state index in [9.17, 15) is 19.0 Å². The molecule has 0 aromatic carbocycles. The number of carbonyl (C=O) groups excluding carboxylic acids is 2. The van der Waals surface area contributed by atoms with Crippen molar-refractivity contribution in [2.45, 2.75) is 225 Å². The highest BCUT2D eigenvalue weighted by Crippen LogP contribution is 2.38. The molecule has 0 amide bonds. The maximum absolute atomic E-state index is 12.7. The first kappa shape index (κ1) is 56.5. The molecule has 9 nitrogen and oxygen atoms in total. The second kappa shape index (κ2) is 40.9. The molecule has 0 spiro atoms. The summed E-state index contributed by atoms with van der Waals surface area (Å²) >= 11 is 0. The number of quaternary nitrogens is 1. The van der Waals surface area contributed by atoms with Crippen LogP contribution in [0.25, 0.3) is 0 Å². The monoisotopic (exact) mass is 842 g/mol. The van der Waals surface area contributed by atoms with Gasteiger partial charge in [-0.25, -0.2) is 0 Å². The molecule has 342 valence electrons. The summed E-state index contributed by atoms with van der Waals surface area (Å²) in [5.74, 6) is -0.839. The number of unbranched alkanes of at least 4 members (excludes halogenated alkanes) is 26. The standard InChI is InChI=1S/C48H92NO8P/c1-6-8-10-12-14-16-18-20-22-23-24-25-27-29-31-33-35-37-39-41-48(51)57-46(45-56-58(52,53)55-43-42-49(3,4)5)44-54-47(50)40-38-36-34-32-30-28-26-21-19-17-15-13-11-9-7-2/h20-22,26,46H,6-19,23-25,27-45H2,1-5H3/b22-20-,26-21-/t46-/m1/s1. The molecule has 0 heterocycles. The predicted molar refractivity (Wildman–Crippen MR) is 241 cm³/mol. The van der Waals surface area contributed by atoms with Crippen LogP contribution < -0.4 is 4.89 Å². The normalized spacial score (nSPS) is 13.7. The maximum atomic E-state index is 12.7. The molecule has 2 atom stereocenters. The van der Waals surface area contributed by atoms with E-state index >= 15 is 0 Å². The highest BCUT2D eigenvalue weighted by Gasteiger charge is 2.21. The van der Waals surface area contributed by atoms with E-state index in [0.29, 0.717) is 17.4 Å². The molecule has 0 aromatic heterocycles. The second-order valence-corrected chi connectivity index (χ2v) is 18.9. The van der Waals surface area contributed by atoms with Crippen molar-refractivity contribution in [3.8, 4) is 0 Å². The van der Waals surface area contributed by atoms with Crippen molar-refractivity contribution in [3.63, 3.8) is 0 Å². The Balaban J connectivity index is 4.29. The lowest BCUT2D eigenvalue weighted by Gasteiger charge is -2.28. The number of carbonyl (C=O) groups is 2. The van der Waals surface area contributed by atoms with Gasteiger partial charge < -0.3 is 27.9 Å². The molecule has 0 N–H and O–H groups in total. The van der Waals surface area contributed by atoms with Gasteiger partial charge in [0.05, 0.1) is 27.7 Å². The summed E-state index contributed by atoms with van der Waals surface area (Å²) in [6.45, 7) is 4.23. The number of hydrogen-bond acceptors (Lipinski definition) is 8. The lowest BCUT2D eigenvalue weighted by atomic mass is 10.1. The highest BCUT2D eigenvalue weighted by atomic mass is 31.2. The molecular weight excluding hydrogens is 750 g/mol. The number of nitrogens with zero attached hydrogens (tertiary/aromatic N) is 1. The van der Waals surface area contributed by atoms with Crippen molar-refractivity contribution in [1.29, 1.82) is 0 Å². The number of allylic oxidation sites excluding steroid dienone is 4. The zero-order valence-corrected chi connectivity index (χ0v) is 39.4. The van der Waals surface area contributed by atoms with E-state index in [-0.39, 0.29) is 32.0 Å². The Morgan fingerprint density at radius 2 is 0.879 bits per heavy atom. The van der Waals surface area contributed by atoms with Crippen LogP contribution in [0.2, 0.25) is 0 Å². The van der Waals surface area contributed by atoms with Crippen molar-refractivity contribution in [1.82, 2.24) is 0 Å². The SMILES string of the molecule is CCCCCCCC/C=C\CCCCCCCCCCCC(=O)O[C@H](COC(=O)CCCCCCC/C=C\CCCCCCCC)COP(=O)([O-])OCC[N+](C)(C)C. The van der Waals surface area contributed by atoms with Gasteiger partial charge >= 0.3 is 11.9 Å². The topological polar surface area (TPSA) is 111 Å². The van der Waals surface area contributed by atoms with Crippen molar-refractivity contribution < 1.29 is 42.1 Å². The van der Waals surface area contributed by atoms with Crippen LogP contribution in [0.1, 0.15) is 219 Å². The lowest BCUT2D eigenvalue weighted by Crippen LogP contribution is -2.37. The average molecular weight is 842 g/mol. The quantitative estimate of drug-likeness (QED) is 0.0196. The van der Waals surface area contributed by atoms with Crippen LogP contribution in [0.5, 0.6) is 0 Å². The fourth-order valence-corrected chi connectivity index (χ4v) is 7.37. The number of likely N-dealkylation sites (N-methyl/N-ethyl adjacent to an activating group) is 1. The molecule has 0 aliphatic rings. The van der Waals surface area contributed by atoms with Crippen molar-refractivity contribution in [2.24, 2.45) is 0 Å². The van der Waals surface area contributed by atoms with Crippen LogP contribution in [0.4, 0.5) is 0 Å². The average Bonchev–Trinajstić information content (AvgIpc) is 3.17. The van der Waals surface area contributed by atoms with Gasteiger partial charge in [-0.15, -0.1) is 0 Å². The van der Waals surface area contributed by atoms with Crippen LogP contribution in [-0.2, 0) is 32.7 Å². The van der Waals surface area contributed by atoms with E-state index in [4.69, 9.17) is 18.5 Å². The summed E-state index contributed by atoms with van der Waals surface area (Å²) in [6, 6.07) is 0. The third kappa shape index (κ3) is 44.1. The van der Waals surface area contributed by atoms with E-state index in [1.807, 2.05) is 21.1 Å². The smallest absolute Gasteiger partial charge is 0.306 e. The number of ether oxygens (including phenoxy) is 2. The molecule has 1 unspecified atom stereocenters. The molecule has 0 radical (unpaired) electrons. The number of phosphoric ester groups is 1. The Morgan fingerprint density at radius 1 is 0.517 bits per heavy atom. The van der Waals surface area contributed by atoms with E-state index in [1.165, 1.54) is 128 Å². The Labute approximate surface area is 358 Å². The van der Waals surface area contributed by atoms with Crippen LogP contribution in [0.15, 0.2) is 24.3 Å². The van der Waals surface area contributed by atoms with Gasteiger partial charge in [-0.05, 0) is 64.2 Å². The first-order chi connectivity index (χ1) is 28.0. The van der Waals surface area contributed by atoms with E-state index < -0.39 is 26.5 Å². The summed E-state index contributed by atoms with van der Waals surface area (Å²) in [4.78, 5) is 37.6. The fourth-order valence-electron chi connectivity index (χ4n) is 6.64. The van der Waals surface area contributed by atoms with E-state index in [0.717, 1.165) is 57.8 Å². The third-order valence-electron chi connectivity index (χ3n) is 10.4. The predicted octanol–water partition coefficient (Wildman–Crippen LogP) is 13.3. The van der Waals surface area contributed by atoms with Gasteiger partial charge in [-0.1, -0.05) is 167 Å². The summed E-state index contributed by atoms with van der Waals surface area (Å²) in [7, 11) is 1.17. The Morgan fingerprint density at radius 3 is 1.28 bits per heavy atom. The summed E-state index contributed by atoms with van der Waals surface area (Å²) in [6.07, 6.45) is 44.8. The lowest BCUT2D eigenvalue weighted by molar-refractivity contribution is -0.870. The van der Waals surface area contributed by atoms with Gasteiger partial charge in [0.2, 0.25) is 0 Å². The molecular formula is C48H92NO8P. The minimum Gasteiger partial charge on any atom is -0.756 e. The van der Waals surface area contributed by atoms with Gasteiger partial charge in [-0.3, -0.25) is 14.2 Å². The van der Waals surface area contributed by atoms with Crippen LogP contribution in [0.3, 0.4) is 0 Å². The Bertz CT molecular complexity index is 1040. The molecule has 0 fully saturated rings. The molecule has 0 aliphatic carbocycles. The van der Waals surface area contributed by atoms with Crippen LogP contribution in [0, 0.1) is 0 Å². The first-order valence-corrected chi connectivity index (χ1v) is 25.5. The van der Waals surface area contributed by atoms with Crippen LogP contribution >= 0.6 is 7.82 Å². The molecule has 0 rings (SSSR count). The number of esters is 2. The van der Waals surface area contributed by atoms with Gasteiger partial charge in [-0.2, -0.15) is 0 Å². The van der Waals surface area contributed by atoms with Gasteiger partial charge in [0.25, 0.3) is 7.82 Å². The molecule has 10 heteroatoms. The Hall–Kier alpha value is -1.51. The van der Waals surface area contributed by atoms with Gasteiger partial charge in [0.1, 0.15) is 19.8 Å². The maximum Gasteiger partial charge on any atom is 0.306 e. The molecule has 0 saturated carbocycles. The van der Waals surface area contributed by atoms with Crippen molar-refractivity contribution in [2.75, 3.05) is 47.5 Å². The minimum atomic E-state index is -4.63. The third-order valence-corrected chi connectivity index (χ3v) is 11.4. The first-order valence-electron chi connectivity index (χ1n) is 24.0. The molecule has 0 bridgehead atoms. The second-order valence-electron chi connectivity index (χ2n) is 17.5. The Kier molecular flexibility index (Phi) is 39.8. The minimum absolute atomic E-state index is 0.0311.